The molecular formula is C16H13ClFN3. The van der Waals surface area contributed by atoms with Crippen LogP contribution in [-0.4, -0.2) is 17.0 Å². The maximum Gasteiger partial charge on any atom is 0.139 e. The highest BCUT2D eigenvalue weighted by Crippen LogP contribution is 2.25. The smallest absolute Gasteiger partial charge is 0.139 e. The molecule has 3 aromatic rings. The fourth-order valence-corrected chi connectivity index (χ4v) is 2.44. The summed E-state index contributed by atoms with van der Waals surface area (Å²) in [6.07, 6.45) is 1.49. The Bertz CT molecular complexity index is 791. The molecule has 0 saturated carbocycles. The lowest BCUT2D eigenvalue weighted by Gasteiger charge is -2.20. The van der Waals surface area contributed by atoms with E-state index in [1.165, 1.54) is 12.4 Å². The van der Waals surface area contributed by atoms with Gasteiger partial charge in [-0.15, -0.1) is 0 Å². The van der Waals surface area contributed by atoms with E-state index < -0.39 is 0 Å². The molecule has 21 heavy (non-hydrogen) atoms. The predicted octanol–water partition coefficient (Wildman–Crippen LogP) is 4.06. The minimum Gasteiger partial charge on any atom is -0.355 e. The number of halogens is 2. The van der Waals surface area contributed by atoms with Crippen molar-refractivity contribution in [3.05, 3.63) is 65.2 Å². The molecule has 0 aliphatic carbocycles. The van der Waals surface area contributed by atoms with Gasteiger partial charge in [0.2, 0.25) is 0 Å². The largest absolute Gasteiger partial charge is 0.355 e. The summed E-state index contributed by atoms with van der Waals surface area (Å²) in [6.45, 7) is 0.432. The van der Waals surface area contributed by atoms with E-state index in [9.17, 15) is 4.39 Å². The van der Waals surface area contributed by atoms with Crippen molar-refractivity contribution in [2.75, 3.05) is 11.9 Å². The number of rotatable bonds is 3. The number of hydrogen-bond acceptors (Lipinski definition) is 3. The lowest BCUT2D eigenvalue weighted by Crippen LogP contribution is -2.19. The highest BCUT2D eigenvalue weighted by atomic mass is 35.5. The first-order chi connectivity index (χ1) is 10.1. The molecule has 5 heteroatoms. The zero-order chi connectivity index (χ0) is 14.8. The zero-order valence-corrected chi connectivity index (χ0v) is 12.2. The van der Waals surface area contributed by atoms with E-state index in [0.717, 1.165) is 16.7 Å². The predicted molar refractivity (Wildman–Crippen MR) is 83.1 cm³/mol. The van der Waals surface area contributed by atoms with Crippen LogP contribution in [0.3, 0.4) is 0 Å². The number of hydrogen-bond donors (Lipinski definition) is 0. The summed E-state index contributed by atoms with van der Waals surface area (Å²) in [6, 6.07) is 12.2. The number of anilines is 1. The van der Waals surface area contributed by atoms with E-state index in [4.69, 9.17) is 11.6 Å². The van der Waals surface area contributed by atoms with Crippen LogP contribution < -0.4 is 4.90 Å². The molecule has 1 aromatic heterocycles. The molecular weight excluding hydrogens is 289 g/mol. The molecule has 2 aromatic carbocycles. The summed E-state index contributed by atoms with van der Waals surface area (Å²) in [7, 11) is 1.88. The van der Waals surface area contributed by atoms with Crippen LogP contribution in [0.1, 0.15) is 5.56 Å². The lowest BCUT2D eigenvalue weighted by molar-refractivity contribution is 0.607. The third-order valence-corrected chi connectivity index (χ3v) is 3.54. The van der Waals surface area contributed by atoms with E-state index in [1.807, 2.05) is 24.1 Å². The van der Waals surface area contributed by atoms with Crippen molar-refractivity contribution in [2.45, 2.75) is 6.54 Å². The first-order valence-corrected chi connectivity index (χ1v) is 6.88. The molecule has 0 spiro atoms. The van der Waals surface area contributed by atoms with Crippen LogP contribution in [0.25, 0.3) is 10.9 Å². The van der Waals surface area contributed by atoms with Gasteiger partial charge in [-0.25, -0.2) is 14.4 Å². The second kappa shape index (κ2) is 5.66. The zero-order valence-electron chi connectivity index (χ0n) is 11.4. The molecule has 0 saturated heterocycles. The Kier molecular flexibility index (Phi) is 3.71. The third kappa shape index (κ3) is 2.81. The Morgan fingerprint density at radius 3 is 2.76 bits per heavy atom. The standard InChI is InChI=1S/C16H13ClFN3/c1-21(9-11-4-2-3-5-14(11)18)16-13-7-6-12(17)8-15(13)19-10-20-16/h2-8,10H,9H2,1H3. The lowest BCUT2D eigenvalue weighted by atomic mass is 10.2. The van der Waals surface area contributed by atoms with Gasteiger partial charge in [0.25, 0.3) is 0 Å². The quantitative estimate of drug-likeness (QED) is 0.730. The van der Waals surface area contributed by atoms with Gasteiger partial charge in [-0.3, -0.25) is 0 Å². The van der Waals surface area contributed by atoms with Crippen molar-refractivity contribution >= 4 is 28.3 Å². The minimum absolute atomic E-state index is 0.217. The van der Waals surface area contributed by atoms with Crippen LogP contribution in [0.4, 0.5) is 10.2 Å². The van der Waals surface area contributed by atoms with Gasteiger partial charge >= 0.3 is 0 Å². The highest BCUT2D eigenvalue weighted by molar-refractivity contribution is 6.31. The maximum atomic E-state index is 13.8. The number of nitrogens with zero attached hydrogens (tertiary/aromatic N) is 3. The van der Waals surface area contributed by atoms with Crippen molar-refractivity contribution in [2.24, 2.45) is 0 Å². The van der Waals surface area contributed by atoms with Crippen LogP contribution in [0.5, 0.6) is 0 Å². The van der Waals surface area contributed by atoms with Gasteiger partial charge in [-0.2, -0.15) is 0 Å². The summed E-state index contributed by atoms with van der Waals surface area (Å²) in [5, 5.41) is 1.52. The van der Waals surface area contributed by atoms with Crippen molar-refractivity contribution in [1.29, 1.82) is 0 Å². The second-order valence-corrected chi connectivity index (χ2v) is 5.24. The monoisotopic (exact) mass is 301 g/mol. The fourth-order valence-electron chi connectivity index (χ4n) is 2.28. The van der Waals surface area contributed by atoms with Crippen molar-refractivity contribution in [3.8, 4) is 0 Å². The van der Waals surface area contributed by atoms with Gasteiger partial charge in [-0.05, 0) is 24.3 Å². The highest BCUT2D eigenvalue weighted by Gasteiger charge is 2.11. The Morgan fingerprint density at radius 2 is 1.95 bits per heavy atom. The van der Waals surface area contributed by atoms with Crippen LogP contribution >= 0.6 is 11.6 Å². The molecule has 0 aliphatic heterocycles. The van der Waals surface area contributed by atoms with E-state index in [-0.39, 0.29) is 5.82 Å². The molecule has 0 radical (unpaired) electrons. The minimum atomic E-state index is -0.217. The van der Waals surface area contributed by atoms with E-state index in [2.05, 4.69) is 9.97 Å². The first kappa shape index (κ1) is 13.8. The molecule has 106 valence electrons. The summed E-state index contributed by atoms with van der Waals surface area (Å²) < 4.78 is 13.8. The Labute approximate surface area is 127 Å². The van der Waals surface area contributed by atoms with Crippen molar-refractivity contribution in [1.82, 2.24) is 9.97 Å². The summed E-state index contributed by atoms with van der Waals surface area (Å²) in [5.74, 6) is 0.533. The van der Waals surface area contributed by atoms with Gasteiger partial charge in [-0.1, -0.05) is 29.8 Å². The van der Waals surface area contributed by atoms with E-state index in [0.29, 0.717) is 17.1 Å². The summed E-state index contributed by atoms with van der Waals surface area (Å²) in [4.78, 5) is 10.4. The Balaban J connectivity index is 1.98. The molecule has 0 unspecified atom stereocenters. The average Bonchev–Trinajstić information content (AvgIpc) is 2.48. The molecule has 0 amide bonds. The average molecular weight is 302 g/mol. The van der Waals surface area contributed by atoms with E-state index in [1.54, 1.807) is 24.3 Å². The number of benzene rings is 2. The fraction of sp³-hybridized carbons (Fsp3) is 0.125. The SMILES string of the molecule is CN(Cc1ccccc1F)c1ncnc2cc(Cl)ccc12. The van der Waals surface area contributed by atoms with Crippen LogP contribution in [-0.2, 0) is 6.54 Å². The maximum absolute atomic E-state index is 13.8. The molecule has 3 nitrogen and oxygen atoms in total. The van der Waals surface area contributed by atoms with Gasteiger partial charge in [0.1, 0.15) is 18.0 Å². The van der Waals surface area contributed by atoms with E-state index >= 15 is 0 Å². The van der Waals surface area contributed by atoms with Gasteiger partial charge in [0, 0.05) is 29.6 Å². The second-order valence-electron chi connectivity index (χ2n) is 4.81. The molecule has 0 aliphatic rings. The molecule has 0 atom stereocenters. The first-order valence-electron chi connectivity index (χ1n) is 6.50. The van der Waals surface area contributed by atoms with Gasteiger partial charge in [0.05, 0.1) is 5.52 Å². The molecule has 0 bridgehead atoms. The molecule has 3 rings (SSSR count). The van der Waals surface area contributed by atoms with Crippen LogP contribution in [0.15, 0.2) is 48.8 Å². The van der Waals surface area contributed by atoms with Crippen molar-refractivity contribution in [3.63, 3.8) is 0 Å². The van der Waals surface area contributed by atoms with Crippen molar-refractivity contribution < 1.29 is 4.39 Å². The molecule has 0 fully saturated rings. The van der Waals surface area contributed by atoms with Gasteiger partial charge < -0.3 is 4.90 Å². The number of fused-ring (bicyclic) bond motifs is 1. The third-order valence-electron chi connectivity index (χ3n) is 3.30. The van der Waals surface area contributed by atoms with Gasteiger partial charge in [0.15, 0.2) is 0 Å². The van der Waals surface area contributed by atoms with Crippen LogP contribution in [0.2, 0.25) is 5.02 Å². The van der Waals surface area contributed by atoms with Crippen LogP contribution in [0, 0.1) is 5.82 Å². The molecule has 0 N–H and O–H groups in total. The number of aromatic nitrogens is 2. The Morgan fingerprint density at radius 1 is 1.14 bits per heavy atom. The summed E-state index contributed by atoms with van der Waals surface area (Å²) >= 11 is 5.98. The normalized spacial score (nSPS) is 10.8. The summed E-state index contributed by atoms with van der Waals surface area (Å²) in [5.41, 5.74) is 1.40. The molecule has 1 heterocycles. The Hall–Kier alpha value is -2.20. The topological polar surface area (TPSA) is 29.0 Å².